The van der Waals surface area contributed by atoms with Gasteiger partial charge in [0.2, 0.25) is 11.8 Å². The van der Waals surface area contributed by atoms with Gasteiger partial charge < -0.3 is 5.11 Å². The summed E-state index contributed by atoms with van der Waals surface area (Å²) in [6.07, 6.45) is 11.0. The summed E-state index contributed by atoms with van der Waals surface area (Å²) < 4.78 is 0. The van der Waals surface area contributed by atoms with Gasteiger partial charge >= 0.3 is 0 Å². The molecule has 26 heavy (non-hydrogen) atoms. The standard InChI is InChI=1S/C16H26OS.C4H8N2O2/c1-2-3-4-5-6-7-8-9-14-18-16-12-10-15(17)11-13-16;1-3(7)5-6-4(2)8/h10-13,17H,2-9,14H2,1H3;1-2H3,(H,5,7)(H,6,8). The van der Waals surface area contributed by atoms with Crippen LogP contribution in [0.25, 0.3) is 0 Å². The van der Waals surface area contributed by atoms with Crippen LogP contribution in [0.15, 0.2) is 29.2 Å². The number of hydrazine groups is 1. The third-order valence-electron chi connectivity index (χ3n) is 3.52. The number of phenols is 1. The van der Waals surface area contributed by atoms with Crippen LogP contribution in [0, 0.1) is 0 Å². The highest BCUT2D eigenvalue weighted by atomic mass is 32.2. The predicted molar refractivity (Wildman–Crippen MR) is 109 cm³/mol. The van der Waals surface area contributed by atoms with Crippen LogP contribution in [0.5, 0.6) is 5.75 Å². The maximum absolute atomic E-state index is 10.0. The first-order chi connectivity index (χ1) is 12.5. The van der Waals surface area contributed by atoms with Crippen molar-refractivity contribution < 1.29 is 14.7 Å². The summed E-state index contributed by atoms with van der Waals surface area (Å²) >= 11 is 1.89. The lowest BCUT2D eigenvalue weighted by Gasteiger charge is -2.03. The molecule has 0 saturated heterocycles. The van der Waals surface area contributed by atoms with Crippen molar-refractivity contribution in [2.75, 3.05) is 5.75 Å². The fourth-order valence-corrected chi connectivity index (χ4v) is 3.06. The highest BCUT2D eigenvalue weighted by molar-refractivity contribution is 7.99. The molecule has 0 bridgehead atoms. The third-order valence-corrected chi connectivity index (χ3v) is 4.62. The minimum Gasteiger partial charge on any atom is -0.508 e. The van der Waals surface area contributed by atoms with Crippen LogP contribution in [-0.4, -0.2) is 22.7 Å². The predicted octanol–water partition coefficient (Wildman–Crippen LogP) is 4.80. The molecule has 0 spiro atoms. The lowest BCUT2D eigenvalue weighted by atomic mass is 10.1. The molecule has 0 aliphatic heterocycles. The van der Waals surface area contributed by atoms with Crippen molar-refractivity contribution in [1.82, 2.24) is 10.9 Å². The maximum atomic E-state index is 10.0. The molecule has 2 amide bonds. The van der Waals surface area contributed by atoms with E-state index in [9.17, 15) is 14.7 Å². The van der Waals surface area contributed by atoms with Crippen LogP contribution in [0.4, 0.5) is 0 Å². The molecule has 0 unspecified atom stereocenters. The largest absolute Gasteiger partial charge is 0.508 e. The van der Waals surface area contributed by atoms with E-state index in [0.29, 0.717) is 5.75 Å². The molecule has 0 fully saturated rings. The number of benzene rings is 1. The molecule has 0 aliphatic rings. The van der Waals surface area contributed by atoms with Crippen LogP contribution in [-0.2, 0) is 9.59 Å². The lowest BCUT2D eigenvalue weighted by molar-refractivity contribution is -0.126. The molecule has 3 N–H and O–H groups in total. The van der Waals surface area contributed by atoms with Gasteiger partial charge in [0.1, 0.15) is 5.75 Å². The first-order valence-electron chi connectivity index (χ1n) is 9.40. The maximum Gasteiger partial charge on any atom is 0.235 e. The summed E-state index contributed by atoms with van der Waals surface area (Å²) in [4.78, 5) is 21.3. The summed E-state index contributed by atoms with van der Waals surface area (Å²) in [5.74, 6) is 0.992. The summed E-state index contributed by atoms with van der Waals surface area (Å²) in [6.45, 7) is 4.90. The normalized spacial score (nSPS) is 9.81. The number of nitrogens with one attached hydrogen (secondary N) is 2. The van der Waals surface area contributed by atoms with Crippen molar-refractivity contribution in [3.8, 4) is 5.75 Å². The second kappa shape index (κ2) is 16.8. The van der Waals surface area contributed by atoms with E-state index in [1.807, 2.05) is 23.9 Å². The highest BCUT2D eigenvalue weighted by Gasteiger charge is 1.95. The average Bonchev–Trinajstić information content (AvgIpc) is 2.61. The van der Waals surface area contributed by atoms with E-state index in [1.54, 1.807) is 12.1 Å². The Bertz CT molecular complexity index is 478. The Morgan fingerprint density at radius 3 is 1.77 bits per heavy atom. The molecule has 1 rings (SSSR count). The van der Waals surface area contributed by atoms with Crippen LogP contribution in [0.1, 0.15) is 72.1 Å². The third kappa shape index (κ3) is 17.1. The monoisotopic (exact) mass is 382 g/mol. The van der Waals surface area contributed by atoms with Gasteiger partial charge in [-0.25, -0.2) is 0 Å². The summed E-state index contributed by atoms with van der Waals surface area (Å²) in [5.41, 5.74) is 4.21. The van der Waals surface area contributed by atoms with Gasteiger partial charge in [0, 0.05) is 18.7 Å². The molecule has 0 aromatic heterocycles. The molecule has 1 aromatic rings. The van der Waals surface area contributed by atoms with E-state index in [0.717, 1.165) is 0 Å². The molecule has 1 aromatic carbocycles. The minimum atomic E-state index is -0.278. The molecule has 0 atom stereocenters. The van der Waals surface area contributed by atoms with Gasteiger partial charge in [-0.3, -0.25) is 20.4 Å². The fraction of sp³-hybridized carbons (Fsp3) is 0.600. The number of aromatic hydroxyl groups is 1. The average molecular weight is 383 g/mol. The van der Waals surface area contributed by atoms with E-state index >= 15 is 0 Å². The molecule has 6 heteroatoms. The van der Waals surface area contributed by atoms with E-state index in [2.05, 4.69) is 17.8 Å². The zero-order chi connectivity index (χ0) is 19.6. The molecule has 148 valence electrons. The molecule has 0 aliphatic carbocycles. The molecule has 0 heterocycles. The Hall–Kier alpha value is -1.69. The molecule has 0 radical (unpaired) electrons. The zero-order valence-electron chi connectivity index (χ0n) is 16.3. The van der Waals surface area contributed by atoms with Gasteiger partial charge in [-0.05, 0) is 36.4 Å². The van der Waals surface area contributed by atoms with Crippen molar-refractivity contribution in [3.05, 3.63) is 24.3 Å². The van der Waals surface area contributed by atoms with Crippen LogP contribution < -0.4 is 10.9 Å². The Labute approximate surface area is 162 Å². The second-order valence-corrected chi connectivity index (χ2v) is 7.35. The topological polar surface area (TPSA) is 78.4 Å². The number of hydrogen-bond acceptors (Lipinski definition) is 4. The van der Waals surface area contributed by atoms with Crippen molar-refractivity contribution >= 4 is 23.6 Å². The van der Waals surface area contributed by atoms with Gasteiger partial charge in [0.05, 0.1) is 0 Å². The number of carbonyl (C=O) groups excluding carboxylic acids is 2. The zero-order valence-corrected chi connectivity index (χ0v) is 17.2. The smallest absolute Gasteiger partial charge is 0.235 e. The van der Waals surface area contributed by atoms with Gasteiger partial charge in [-0.15, -0.1) is 11.8 Å². The van der Waals surface area contributed by atoms with Gasteiger partial charge in [0.15, 0.2) is 0 Å². The Morgan fingerprint density at radius 1 is 0.846 bits per heavy atom. The number of carbonyl (C=O) groups is 2. The fourth-order valence-electron chi connectivity index (χ4n) is 2.14. The molecular formula is C20H34N2O3S. The van der Waals surface area contributed by atoms with E-state index in [4.69, 9.17) is 0 Å². The minimum absolute atomic E-state index is 0.278. The lowest BCUT2D eigenvalue weighted by Crippen LogP contribution is -2.38. The van der Waals surface area contributed by atoms with Gasteiger partial charge in [0.25, 0.3) is 0 Å². The Balaban J connectivity index is 0.000000660. The number of thioether (sulfide) groups is 1. The van der Waals surface area contributed by atoms with Crippen molar-refractivity contribution in [3.63, 3.8) is 0 Å². The Morgan fingerprint density at radius 2 is 1.31 bits per heavy atom. The van der Waals surface area contributed by atoms with E-state index in [1.165, 1.54) is 75.9 Å². The molecule has 0 saturated carbocycles. The summed E-state index contributed by atoms with van der Waals surface area (Å²) in [6, 6.07) is 7.50. The van der Waals surface area contributed by atoms with Crippen LogP contribution in [0.2, 0.25) is 0 Å². The Kier molecular flexibility index (Phi) is 15.7. The first kappa shape index (κ1) is 24.3. The number of hydrogen-bond donors (Lipinski definition) is 3. The van der Waals surface area contributed by atoms with Gasteiger partial charge in [-0.2, -0.15) is 0 Å². The van der Waals surface area contributed by atoms with Crippen LogP contribution in [0.3, 0.4) is 0 Å². The summed E-state index contributed by atoms with van der Waals surface area (Å²) in [7, 11) is 0. The molecular weight excluding hydrogens is 348 g/mol. The number of rotatable bonds is 10. The van der Waals surface area contributed by atoms with Crippen molar-refractivity contribution in [1.29, 1.82) is 0 Å². The van der Waals surface area contributed by atoms with Crippen LogP contribution >= 0.6 is 11.8 Å². The molecule has 5 nitrogen and oxygen atoms in total. The van der Waals surface area contributed by atoms with E-state index in [-0.39, 0.29) is 11.8 Å². The van der Waals surface area contributed by atoms with Crippen molar-refractivity contribution in [2.45, 2.75) is 77.0 Å². The second-order valence-electron chi connectivity index (χ2n) is 6.18. The summed E-state index contributed by atoms with van der Waals surface area (Å²) in [5, 5.41) is 9.18. The SMILES string of the molecule is CC(=O)NNC(C)=O.CCCCCCCCCCSc1ccc(O)cc1. The van der Waals surface area contributed by atoms with Crippen molar-refractivity contribution in [2.24, 2.45) is 0 Å². The van der Waals surface area contributed by atoms with Gasteiger partial charge in [-0.1, -0.05) is 51.9 Å². The number of phenolic OH excluding ortho intramolecular Hbond substituents is 1. The highest BCUT2D eigenvalue weighted by Crippen LogP contribution is 2.22. The quantitative estimate of drug-likeness (QED) is 0.309. The van der Waals surface area contributed by atoms with E-state index < -0.39 is 0 Å². The number of unbranched alkanes of at least 4 members (excludes halogenated alkanes) is 7. The first-order valence-corrected chi connectivity index (χ1v) is 10.4. The number of amides is 2.